The molecular weight excluding hydrogens is 344 g/mol. The zero-order chi connectivity index (χ0) is 21.1. The van der Waals surface area contributed by atoms with E-state index in [-0.39, 0.29) is 24.8 Å². The van der Waals surface area contributed by atoms with Gasteiger partial charge in [-0.25, -0.2) is 9.59 Å². The summed E-state index contributed by atoms with van der Waals surface area (Å²) in [6, 6.07) is 0. The number of hydrogen-bond donors (Lipinski definition) is 2. The molecule has 0 aliphatic rings. The Balaban J connectivity index is -0.000000306. The average molecular weight is 374 g/mol. The van der Waals surface area contributed by atoms with E-state index in [0.29, 0.717) is 37.2 Å². The minimum atomic E-state index is -1.08. The van der Waals surface area contributed by atoms with Crippen LogP contribution >= 0.6 is 0 Å². The summed E-state index contributed by atoms with van der Waals surface area (Å²) in [6.07, 6.45) is 0.738. The predicted molar refractivity (Wildman–Crippen MR) is 96.6 cm³/mol. The van der Waals surface area contributed by atoms with Crippen molar-refractivity contribution >= 4 is 23.9 Å². The van der Waals surface area contributed by atoms with Gasteiger partial charge in [0.15, 0.2) is 0 Å². The van der Waals surface area contributed by atoms with Crippen LogP contribution in [0.15, 0.2) is 24.3 Å². The van der Waals surface area contributed by atoms with E-state index >= 15 is 0 Å². The first kappa shape index (κ1) is 28.2. The molecule has 0 spiro atoms. The number of carbonyl (C=O) groups is 4. The third-order valence-corrected chi connectivity index (χ3v) is 2.53. The fourth-order valence-electron chi connectivity index (χ4n) is 0.969. The third kappa shape index (κ3) is 21.4. The van der Waals surface area contributed by atoms with Crippen molar-refractivity contribution in [1.82, 2.24) is 0 Å². The lowest BCUT2D eigenvalue weighted by Crippen LogP contribution is -2.05. The van der Waals surface area contributed by atoms with Gasteiger partial charge in [-0.3, -0.25) is 9.59 Å². The summed E-state index contributed by atoms with van der Waals surface area (Å²) in [7, 11) is 0. The van der Waals surface area contributed by atoms with Gasteiger partial charge in [0.05, 0.1) is 26.1 Å². The maximum Gasteiger partial charge on any atom is 0.333 e. The molecule has 0 fully saturated rings. The fraction of sp³-hybridized carbons (Fsp3) is 0.556. The summed E-state index contributed by atoms with van der Waals surface area (Å²) in [5.41, 5.74) is 1.08. The van der Waals surface area contributed by atoms with E-state index in [1.165, 1.54) is 0 Å². The topological polar surface area (TPSA) is 127 Å². The number of hydrogen-bond acceptors (Lipinski definition) is 6. The third-order valence-electron chi connectivity index (χ3n) is 2.53. The second-order valence-electron chi connectivity index (χ2n) is 4.64. The largest absolute Gasteiger partial charge is 0.481 e. The van der Waals surface area contributed by atoms with Gasteiger partial charge in [0.2, 0.25) is 0 Å². The van der Waals surface area contributed by atoms with Crippen molar-refractivity contribution in [3.8, 4) is 0 Å². The van der Waals surface area contributed by atoms with Gasteiger partial charge in [-0.05, 0) is 26.7 Å². The Labute approximate surface area is 154 Å². The van der Waals surface area contributed by atoms with Crippen molar-refractivity contribution in [1.29, 1.82) is 0 Å². The van der Waals surface area contributed by atoms with Gasteiger partial charge in [-0.1, -0.05) is 27.0 Å². The van der Waals surface area contributed by atoms with Gasteiger partial charge in [0, 0.05) is 11.1 Å². The first-order chi connectivity index (χ1) is 12.1. The fourth-order valence-corrected chi connectivity index (χ4v) is 0.969. The van der Waals surface area contributed by atoms with Crippen LogP contribution < -0.4 is 0 Å². The normalized spacial score (nSPS) is 8.62. The van der Waals surface area contributed by atoms with E-state index < -0.39 is 11.9 Å². The number of esters is 2. The van der Waals surface area contributed by atoms with Crippen LogP contribution in [0.1, 0.15) is 53.4 Å². The van der Waals surface area contributed by atoms with E-state index in [1.54, 1.807) is 13.8 Å². The molecule has 0 unspecified atom stereocenters. The Kier molecular flexibility index (Phi) is 20.3. The van der Waals surface area contributed by atoms with Crippen LogP contribution in [-0.4, -0.2) is 47.3 Å². The second-order valence-corrected chi connectivity index (χ2v) is 4.64. The molecule has 0 aromatic carbocycles. The molecule has 0 amide bonds. The van der Waals surface area contributed by atoms with Gasteiger partial charge in [-0.2, -0.15) is 0 Å². The van der Waals surface area contributed by atoms with Crippen molar-refractivity contribution in [3.05, 3.63) is 24.3 Å². The monoisotopic (exact) mass is 374 g/mol. The maximum absolute atomic E-state index is 10.7. The molecular formula is C18H30O8. The van der Waals surface area contributed by atoms with Gasteiger partial charge in [-0.15, -0.1) is 0 Å². The summed E-state index contributed by atoms with van der Waals surface area (Å²) < 4.78 is 9.31. The van der Waals surface area contributed by atoms with E-state index in [2.05, 4.69) is 22.6 Å². The molecule has 0 aliphatic heterocycles. The minimum absolute atomic E-state index is 0.278. The zero-order valence-corrected chi connectivity index (χ0v) is 16.0. The van der Waals surface area contributed by atoms with Crippen molar-refractivity contribution in [3.63, 3.8) is 0 Å². The Morgan fingerprint density at radius 2 is 0.962 bits per heavy atom. The molecule has 26 heavy (non-hydrogen) atoms. The second kappa shape index (κ2) is 18.7. The summed E-state index contributed by atoms with van der Waals surface area (Å²) in [5.74, 6) is -2.71. The molecule has 0 bridgehead atoms. The number of rotatable bonds is 9. The van der Waals surface area contributed by atoms with Gasteiger partial charge >= 0.3 is 23.9 Å². The Hall–Kier alpha value is -2.64. The van der Waals surface area contributed by atoms with Crippen LogP contribution in [0.3, 0.4) is 0 Å². The van der Waals surface area contributed by atoms with Gasteiger partial charge in [0.25, 0.3) is 0 Å². The zero-order valence-electron chi connectivity index (χ0n) is 16.0. The first-order valence-corrected chi connectivity index (χ1v) is 8.20. The van der Waals surface area contributed by atoms with Gasteiger partial charge < -0.3 is 19.7 Å². The van der Waals surface area contributed by atoms with Crippen LogP contribution in [0.4, 0.5) is 0 Å². The van der Waals surface area contributed by atoms with E-state index in [0.717, 1.165) is 0 Å². The SMILES string of the molecule is C=C(CC)C(=O)OCC.C=C(CC)C(=O)OCC.O=C(O)CCC(=O)O. The molecule has 8 heteroatoms. The maximum atomic E-state index is 10.7. The van der Waals surface area contributed by atoms with Crippen molar-refractivity contribution in [2.45, 2.75) is 53.4 Å². The van der Waals surface area contributed by atoms with Crippen LogP contribution in [0.5, 0.6) is 0 Å². The molecule has 0 radical (unpaired) electrons. The number of ether oxygens (including phenoxy) is 2. The molecule has 0 aromatic heterocycles. The standard InChI is InChI=1S/2C7H12O2.C4H6O4/c2*1-4-6(3)7(8)9-5-2;5-3(6)1-2-4(7)8/h2*3-5H2,1-2H3;1-2H2,(H,5,6)(H,7,8). The number of carboxylic acids is 2. The molecule has 0 atom stereocenters. The van der Waals surface area contributed by atoms with Gasteiger partial charge in [0.1, 0.15) is 0 Å². The van der Waals surface area contributed by atoms with Crippen LogP contribution in [0.2, 0.25) is 0 Å². The predicted octanol–water partition coefficient (Wildman–Crippen LogP) is 2.97. The molecule has 0 aromatic rings. The Morgan fingerprint density at radius 3 is 1.12 bits per heavy atom. The summed E-state index contributed by atoms with van der Waals surface area (Å²) in [4.78, 5) is 40.6. The highest BCUT2D eigenvalue weighted by Crippen LogP contribution is 1.98. The highest BCUT2D eigenvalue weighted by Gasteiger charge is 2.03. The van der Waals surface area contributed by atoms with E-state index in [4.69, 9.17) is 10.2 Å². The molecule has 0 saturated carbocycles. The summed E-state index contributed by atoms with van der Waals surface area (Å²) >= 11 is 0. The molecule has 0 aliphatic carbocycles. The van der Waals surface area contributed by atoms with Crippen LogP contribution in [0, 0.1) is 0 Å². The first-order valence-electron chi connectivity index (χ1n) is 8.20. The quantitative estimate of drug-likeness (QED) is 0.466. The van der Waals surface area contributed by atoms with E-state index in [1.807, 2.05) is 13.8 Å². The highest BCUT2D eigenvalue weighted by atomic mass is 16.5. The number of carbonyl (C=O) groups excluding carboxylic acids is 2. The summed E-state index contributed by atoms with van der Waals surface area (Å²) in [6.45, 7) is 15.2. The molecule has 2 N–H and O–H groups in total. The van der Waals surface area contributed by atoms with Crippen molar-refractivity contribution in [2.75, 3.05) is 13.2 Å². The van der Waals surface area contributed by atoms with Crippen molar-refractivity contribution in [2.24, 2.45) is 0 Å². The molecule has 0 rings (SSSR count). The highest BCUT2D eigenvalue weighted by molar-refractivity contribution is 5.87. The van der Waals surface area contributed by atoms with Crippen LogP contribution in [-0.2, 0) is 28.7 Å². The molecule has 0 saturated heterocycles. The lowest BCUT2D eigenvalue weighted by Gasteiger charge is -1.99. The summed E-state index contributed by atoms with van der Waals surface area (Å²) in [5, 5.41) is 15.8. The Bertz CT molecular complexity index is 436. The Morgan fingerprint density at radius 1 is 0.692 bits per heavy atom. The van der Waals surface area contributed by atoms with Crippen LogP contribution in [0.25, 0.3) is 0 Å². The number of aliphatic carboxylic acids is 2. The lowest BCUT2D eigenvalue weighted by atomic mass is 10.2. The molecule has 150 valence electrons. The lowest BCUT2D eigenvalue weighted by molar-refractivity contribution is -0.143. The molecule has 8 nitrogen and oxygen atoms in total. The average Bonchev–Trinajstić information content (AvgIpc) is 2.60. The minimum Gasteiger partial charge on any atom is -0.481 e. The smallest absolute Gasteiger partial charge is 0.333 e. The number of carboxylic acid groups (broad SMARTS) is 2. The van der Waals surface area contributed by atoms with E-state index in [9.17, 15) is 19.2 Å². The van der Waals surface area contributed by atoms with Crippen molar-refractivity contribution < 1.29 is 38.9 Å². The molecule has 0 heterocycles.